The van der Waals surface area contributed by atoms with Gasteiger partial charge in [0.2, 0.25) is 5.82 Å². The van der Waals surface area contributed by atoms with Gasteiger partial charge in [0.05, 0.1) is 18.6 Å². The van der Waals surface area contributed by atoms with Crippen LogP contribution in [-0.2, 0) is 21.5 Å². The fourth-order valence-corrected chi connectivity index (χ4v) is 3.04. The van der Waals surface area contributed by atoms with Crippen LogP contribution in [0.5, 0.6) is 0 Å². The van der Waals surface area contributed by atoms with Gasteiger partial charge in [0.1, 0.15) is 0 Å². The van der Waals surface area contributed by atoms with Crippen molar-refractivity contribution in [3.8, 4) is 11.4 Å². The minimum Gasteiger partial charge on any atom is -0.465 e. The molecule has 26 heavy (non-hydrogen) atoms. The molecular weight excluding hydrogens is 328 g/mol. The number of ether oxygens (including phenoxy) is 1. The van der Waals surface area contributed by atoms with E-state index in [1.54, 1.807) is 4.80 Å². The molecule has 2 aromatic carbocycles. The molecule has 0 unspecified atom stereocenters. The summed E-state index contributed by atoms with van der Waals surface area (Å²) in [5.41, 5.74) is 1.56. The van der Waals surface area contributed by atoms with E-state index in [1.807, 2.05) is 60.7 Å². The van der Waals surface area contributed by atoms with E-state index >= 15 is 0 Å². The number of aryl methyl sites for hydroxylation is 1. The lowest BCUT2D eigenvalue weighted by atomic mass is 9.96. The highest BCUT2D eigenvalue weighted by atomic mass is 16.5. The van der Waals surface area contributed by atoms with Crippen molar-refractivity contribution < 1.29 is 9.53 Å². The van der Waals surface area contributed by atoms with Crippen LogP contribution in [0.2, 0.25) is 0 Å². The number of carbonyl (C=O) groups is 1. The summed E-state index contributed by atoms with van der Waals surface area (Å²) >= 11 is 0. The van der Waals surface area contributed by atoms with E-state index in [1.165, 1.54) is 0 Å². The number of benzene rings is 2. The topological polar surface area (TPSA) is 69.9 Å². The van der Waals surface area contributed by atoms with Gasteiger partial charge >= 0.3 is 5.97 Å². The number of rotatable bonds is 7. The van der Waals surface area contributed by atoms with Crippen LogP contribution in [0.15, 0.2) is 60.7 Å². The maximum Gasteiger partial charge on any atom is 0.316 e. The van der Waals surface area contributed by atoms with Crippen molar-refractivity contribution in [1.29, 1.82) is 0 Å². The summed E-state index contributed by atoms with van der Waals surface area (Å²) in [5, 5.41) is 12.5. The lowest BCUT2D eigenvalue weighted by molar-refractivity contribution is -0.147. The van der Waals surface area contributed by atoms with Crippen LogP contribution >= 0.6 is 0 Å². The lowest BCUT2D eigenvalue weighted by Crippen LogP contribution is -2.24. The average molecular weight is 348 g/mol. The Morgan fingerprint density at radius 3 is 2.42 bits per heavy atom. The van der Waals surface area contributed by atoms with Crippen molar-refractivity contribution in [2.24, 2.45) is 0 Å². The first-order valence-electron chi connectivity index (χ1n) is 8.84. The van der Waals surface area contributed by atoms with Gasteiger partial charge in [-0.05, 0) is 23.6 Å². The van der Waals surface area contributed by atoms with Crippen molar-refractivity contribution in [3.05, 3.63) is 66.2 Å². The molecule has 0 spiro atoms. The van der Waals surface area contributed by atoms with Gasteiger partial charge in [-0.25, -0.2) is 0 Å². The van der Waals surface area contributed by atoms with Gasteiger partial charge in [-0.1, -0.05) is 60.7 Å². The first-order valence-corrected chi connectivity index (χ1v) is 8.84. The zero-order valence-electron chi connectivity index (χ0n) is 14.4. The number of hydrogen-bond acceptors (Lipinski definition) is 5. The second-order valence-electron chi connectivity index (χ2n) is 6.51. The Morgan fingerprint density at radius 2 is 1.73 bits per heavy atom. The molecular formula is C20H20N4O2. The molecule has 0 atom stereocenters. The summed E-state index contributed by atoms with van der Waals surface area (Å²) in [6.07, 6.45) is 2.38. The molecule has 1 aliphatic rings. The van der Waals surface area contributed by atoms with Gasteiger partial charge in [-0.15, -0.1) is 10.2 Å². The molecule has 1 saturated carbocycles. The van der Waals surface area contributed by atoms with Gasteiger partial charge in [-0.2, -0.15) is 4.80 Å². The third-order valence-corrected chi connectivity index (χ3v) is 4.69. The minimum atomic E-state index is -0.423. The first kappa shape index (κ1) is 16.4. The van der Waals surface area contributed by atoms with Crippen LogP contribution in [0, 0.1) is 0 Å². The number of aromatic nitrogens is 4. The quantitative estimate of drug-likeness (QED) is 0.485. The van der Waals surface area contributed by atoms with Gasteiger partial charge in [0.25, 0.3) is 0 Å². The van der Waals surface area contributed by atoms with Crippen molar-refractivity contribution in [2.75, 3.05) is 6.61 Å². The summed E-state index contributed by atoms with van der Waals surface area (Å²) in [4.78, 5) is 14.0. The summed E-state index contributed by atoms with van der Waals surface area (Å²) in [7, 11) is 0. The molecule has 0 radical (unpaired) electrons. The predicted molar refractivity (Wildman–Crippen MR) is 96.2 cm³/mol. The van der Waals surface area contributed by atoms with Gasteiger partial charge in [0, 0.05) is 12.0 Å². The monoisotopic (exact) mass is 348 g/mol. The van der Waals surface area contributed by atoms with Crippen LogP contribution in [-0.4, -0.2) is 32.8 Å². The van der Waals surface area contributed by atoms with E-state index in [4.69, 9.17) is 4.74 Å². The number of esters is 1. The second kappa shape index (κ2) is 7.07. The van der Waals surface area contributed by atoms with E-state index in [0.29, 0.717) is 25.4 Å². The zero-order chi connectivity index (χ0) is 17.8. The Kier molecular flexibility index (Phi) is 4.48. The van der Waals surface area contributed by atoms with Crippen LogP contribution in [0.3, 0.4) is 0 Å². The normalized spacial score (nSPS) is 14.8. The van der Waals surface area contributed by atoms with Crippen LogP contribution in [0.25, 0.3) is 11.4 Å². The van der Waals surface area contributed by atoms with Crippen molar-refractivity contribution in [2.45, 2.75) is 31.2 Å². The highest BCUT2D eigenvalue weighted by Crippen LogP contribution is 2.49. The third-order valence-electron chi connectivity index (χ3n) is 4.69. The second-order valence-corrected chi connectivity index (χ2v) is 6.51. The fourth-order valence-electron chi connectivity index (χ4n) is 3.04. The fraction of sp³-hybridized carbons (Fsp3) is 0.300. The van der Waals surface area contributed by atoms with Crippen LogP contribution in [0.4, 0.5) is 0 Å². The Bertz CT molecular complexity index is 873. The molecule has 6 nitrogen and oxygen atoms in total. The van der Waals surface area contributed by atoms with E-state index in [9.17, 15) is 4.79 Å². The number of carbonyl (C=O) groups excluding carboxylic acids is 1. The Balaban J connectivity index is 1.27. The summed E-state index contributed by atoms with van der Waals surface area (Å²) in [5.74, 6) is 0.476. The first-order chi connectivity index (χ1) is 12.8. The van der Waals surface area contributed by atoms with Crippen LogP contribution in [0.1, 0.15) is 24.8 Å². The van der Waals surface area contributed by atoms with E-state index in [2.05, 4.69) is 15.4 Å². The highest BCUT2D eigenvalue weighted by Gasteiger charge is 2.52. The maximum atomic E-state index is 12.5. The molecule has 1 aromatic heterocycles. The molecule has 0 aliphatic heterocycles. The van der Waals surface area contributed by atoms with Crippen molar-refractivity contribution in [3.63, 3.8) is 0 Å². The summed E-state index contributed by atoms with van der Waals surface area (Å²) < 4.78 is 5.51. The summed E-state index contributed by atoms with van der Waals surface area (Å²) in [6.45, 7) is 0.918. The minimum absolute atomic E-state index is 0.125. The number of hydrogen-bond donors (Lipinski definition) is 0. The zero-order valence-corrected chi connectivity index (χ0v) is 14.4. The standard InChI is InChI=1S/C20H20N4O2/c25-19(20(12-13-20)17-10-5-2-6-11-17)26-15-7-14-24-22-18(21-23-24)16-8-3-1-4-9-16/h1-6,8-11H,7,12-15H2. The molecule has 0 amide bonds. The third kappa shape index (κ3) is 3.35. The SMILES string of the molecule is O=C(OCCCn1nnc(-c2ccccc2)n1)C1(c2ccccc2)CC1. The Hall–Kier alpha value is -3.02. The largest absolute Gasteiger partial charge is 0.465 e. The molecule has 132 valence electrons. The molecule has 4 rings (SSSR count). The molecule has 1 fully saturated rings. The van der Waals surface area contributed by atoms with Gasteiger partial charge in [0.15, 0.2) is 0 Å². The van der Waals surface area contributed by atoms with E-state index in [-0.39, 0.29) is 5.97 Å². The number of tetrazole rings is 1. The molecule has 0 N–H and O–H groups in total. The molecule has 1 aliphatic carbocycles. The van der Waals surface area contributed by atoms with Crippen LogP contribution < -0.4 is 0 Å². The van der Waals surface area contributed by atoms with Gasteiger partial charge in [-0.3, -0.25) is 4.79 Å². The molecule has 6 heteroatoms. The van der Waals surface area contributed by atoms with E-state index < -0.39 is 5.41 Å². The lowest BCUT2D eigenvalue weighted by Gasteiger charge is -2.14. The Morgan fingerprint density at radius 1 is 1.04 bits per heavy atom. The predicted octanol–water partition coefficient (Wildman–Crippen LogP) is 3.01. The van der Waals surface area contributed by atoms with Crippen molar-refractivity contribution in [1.82, 2.24) is 20.2 Å². The maximum absolute atomic E-state index is 12.5. The van der Waals surface area contributed by atoms with E-state index in [0.717, 1.165) is 24.0 Å². The smallest absolute Gasteiger partial charge is 0.316 e. The molecule has 3 aromatic rings. The van der Waals surface area contributed by atoms with Gasteiger partial charge < -0.3 is 4.74 Å². The number of nitrogens with zero attached hydrogens (tertiary/aromatic N) is 4. The molecule has 0 saturated heterocycles. The Labute approximate surface area is 151 Å². The molecule has 0 bridgehead atoms. The molecule has 1 heterocycles. The highest BCUT2D eigenvalue weighted by molar-refractivity contribution is 5.86. The average Bonchev–Trinajstić information content (AvgIpc) is 3.38. The summed E-state index contributed by atoms with van der Waals surface area (Å²) in [6, 6.07) is 19.6. The van der Waals surface area contributed by atoms with Crippen molar-refractivity contribution >= 4 is 5.97 Å².